The number of benzene rings is 1. The highest BCUT2D eigenvalue weighted by Crippen LogP contribution is 2.42. The molecule has 2 aromatic heterocycles. The lowest BCUT2D eigenvalue weighted by molar-refractivity contribution is 0.105. The highest BCUT2D eigenvalue weighted by atomic mass is 16.1. The maximum absolute atomic E-state index is 13.5. The van der Waals surface area contributed by atoms with E-state index < -0.39 is 0 Å². The van der Waals surface area contributed by atoms with E-state index in [9.17, 15) is 4.79 Å². The van der Waals surface area contributed by atoms with Gasteiger partial charge in [-0.1, -0.05) is 50.1 Å². The van der Waals surface area contributed by atoms with E-state index in [0.717, 1.165) is 36.6 Å². The van der Waals surface area contributed by atoms with Crippen molar-refractivity contribution in [1.82, 2.24) is 29.6 Å². The van der Waals surface area contributed by atoms with Crippen LogP contribution in [0.1, 0.15) is 67.1 Å². The Bertz CT molecular complexity index is 1180. The second-order valence-corrected chi connectivity index (χ2v) is 8.93. The second kappa shape index (κ2) is 8.77. The molecular weight excluding hydrogens is 414 g/mol. The van der Waals surface area contributed by atoms with Crippen LogP contribution in [0.4, 0.5) is 5.82 Å². The monoisotopic (exact) mass is 443 g/mol. The van der Waals surface area contributed by atoms with Crippen molar-refractivity contribution in [2.45, 2.75) is 51.1 Å². The number of hydrogen-bond acceptors (Lipinski definition) is 7. The summed E-state index contributed by atoms with van der Waals surface area (Å²) in [5.41, 5.74) is 1.96. The molecule has 0 saturated heterocycles. The van der Waals surface area contributed by atoms with Crippen molar-refractivity contribution >= 4 is 17.2 Å². The topological polar surface area (TPSA) is 80.0 Å². The molecule has 0 N–H and O–H groups in total. The normalized spacial score (nSPS) is 18.2. The summed E-state index contributed by atoms with van der Waals surface area (Å²) in [7, 11) is 3.80. The summed E-state index contributed by atoms with van der Waals surface area (Å²) in [5, 5.41) is 8.62. The summed E-state index contributed by atoms with van der Waals surface area (Å²) in [6.45, 7) is 2.18. The van der Waals surface area contributed by atoms with Crippen LogP contribution in [-0.2, 0) is 0 Å². The fourth-order valence-electron chi connectivity index (χ4n) is 5.00. The second-order valence-electron chi connectivity index (χ2n) is 8.93. The van der Waals surface area contributed by atoms with Crippen molar-refractivity contribution < 1.29 is 4.79 Å². The number of carbonyl (C=O) groups is 1. The van der Waals surface area contributed by atoms with E-state index in [1.54, 1.807) is 18.7 Å². The zero-order valence-electron chi connectivity index (χ0n) is 19.3. The Morgan fingerprint density at radius 2 is 1.94 bits per heavy atom. The van der Waals surface area contributed by atoms with Crippen LogP contribution in [0.3, 0.4) is 0 Å². The van der Waals surface area contributed by atoms with Crippen molar-refractivity contribution in [2.75, 3.05) is 19.0 Å². The summed E-state index contributed by atoms with van der Waals surface area (Å²) in [4.78, 5) is 27.4. The average Bonchev–Trinajstić information content (AvgIpc) is 3.54. The van der Waals surface area contributed by atoms with Crippen LogP contribution in [0.25, 0.3) is 11.3 Å². The number of Topliss-reactive ketones (excluding diaryl/α,β-unsaturated/α-hetero) is 1. The summed E-state index contributed by atoms with van der Waals surface area (Å²) in [6.07, 6.45) is 10.9. The third-order valence-electron chi connectivity index (χ3n) is 6.48. The summed E-state index contributed by atoms with van der Waals surface area (Å²) in [5.74, 6) is 2.13. The predicted molar refractivity (Wildman–Crippen MR) is 127 cm³/mol. The van der Waals surface area contributed by atoms with Gasteiger partial charge < -0.3 is 9.80 Å². The maximum atomic E-state index is 13.5. The molecule has 8 nitrogen and oxygen atoms in total. The Kier molecular flexibility index (Phi) is 5.66. The Morgan fingerprint density at radius 1 is 1.18 bits per heavy atom. The van der Waals surface area contributed by atoms with Crippen molar-refractivity contribution in [3.05, 3.63) is 66.3 Å². The predicted octanol–water partition coefficient (Wildman–Crippen LogP) is 4.06. The van der Waals surface area contributed by atoms with Crippen LogP contribution < -0.4 is 4.90 Å². The molecular formula is C25H29N7O. The first kappa shape index (κ1) is 21.3. The van der Waals surface area contributed by atoms with Gasteiger partial charge >= 0.3 is 0 Å². The zero-order valence-corrected chi connectivity index (χ0v) is 19.3. The Hall–Kier alpha value is -3.55. The smallest absolute Gasteiger partial charge is 0.198 e. The van der Waals surface area contributed by atoms with E-state index in [2.05, 4.69) is 27.0 Å². The summed E-state index contributed by atoms with van der Waals surface area (Å²) in [6, 6.07) is 9.79. The Morgan fingerprint density at radius 3 is 2.64 bits per heavy atom. The molecule has 1 atom stereocenters. The first-order chi connectivity index (χ1) is 16.1. The fraction of sp³-hybridized carbons (Fsp3) is 0.400. The van der Waals surface area contributed by atoms with E-state index >= 15 is 0 Å². The van der Waals surface area contributed by atoms with Gasteiger partial charge in [0.05, 0.1) is 17.8 Å². The van der Waals surface area contributed by atoms with Crippen LogP contribution in [-0.4, -0.2) is 55.6 Å². The third kappa shape index (κ3) is 3.79. The molecule has 0 unspecified atom stereocenters. The number of ketones is 1. The number of anilines is 1. The lowest BCUT2D eigenvalue weighted by Gasteiger charge is -2.40. The average molecular weight is 444 g/mol. The van der Waals surface area contributed by atoms with Gasteiger partial charge in [0.15, 0.2) is 23.2 Å². The molecule has 1 aliphatic carbocycles. The molecule has 5 rings (SSSR count). The molecule has 170 valence electrons. The van der Waals surface area contributed by atoms with E-state index in [1.807, 2.05) is 53.9 Å². The maximum Gasteiger partial charge on any atom is 0.198 e. The number of aromatic nitrogens is 5. The largest absolute Gasteiger partial charge is 0.383 e. The highest BCUT2D eigenvalue weighted by Gasteiger charge is 2.38. The molecule has 1 aliphatic heterocycles. The molecule has 2 aliphatic rings. The number of nitrogens with zero attached hydrogens (tertiary/aromatic N) is 7. The van der Waals surface area contributed by atoms with Crippen LogP contribution in [0.2, 0.25) is 0 Å². The minimum absolute atomic E-state index is 0.0931. The molecule has 33 heavy (non-hydrogen) atoms. The van der Waals surface area contributed by atoms with Gasteiger partial charge in [-0.25, -0.2) is 9.97 Å². The number of allylic oxidation sites excluding steroid dienone is 1. The number of carbonyl (C=O) groups excluding carboxylic acids is 1. The van der Waals surface area contributed by atoms with Gasteiger partial charge in [-0.15, -0.1) is 10.2 Å². The van der Waals surface area contributed by atoms with Gasteiger partial charge in [-0.3, -0.25) is 9.36 Å². The Labute approximate surface area is 194 Å². The van der Waals surface area contributed by atoms with Crippen molar-refractivity contribution in [3.63, 3.8) is 0 Å². The lowest BCUT2D eigenvalue weighted by atomic mass is 10.0. The Balaban J connectivity index is 1.65. The van der Waals surface area contributed by atoms with Gasteiger partial charge in [-0.05, 0) is 19.3 Å². The minimum Gasteiger partial charge on any atom is -0.383 e. The highest BCUT2D eigenvalue weighted by molar-refractivity contribution is 6.28. The van der Waals surface area contributed by atoms with Crippen molar-refractivity contribution in [1.29, 1.82) is 0 Å². The molecule has 8 heteroatoms. The molecule has 3 aromatic rings. The van der Waals surface area contributed by atoms with E-state index in [0.29, 0.717) is 23.0 Å². The lowest BCUT2D eigenvalue weighted by Crippen LogP contribution is -2.42. The van der Waals surface area contributed by atoms with Crippen molar-refractivity contribution in [2.24, 2.45) is 0 Å². The van der Waals surface area contributed by atoms with E-state index in [-0.39, 0.29) is 11.8 Å². The number of hydrogen-bond donors (Lipinski definition) is 0. The van der Waals surface area contributed by atoms with E-state index in [4.69, 9.17) is 4.98 Å². The molecule has 1 aromatic carbocycles. The molecule has 1 saturated carbocycles. The third-order valence-corrected chi connectivity index (χ3v) is 6.48. The van der Waals surface area contributed by atoms with Crippen molar-refractivity contribution in [3.8, 4) is 5.69 Å². The summed E-state index contributed by atoms with van der Waals surface area (Å²) >= 11 is 0. The first-order valence-corrected chi connectivity index (χ1v) is 11.6. The SMILES string of the molecule is CC[C@@H]1c2nncn2-c2cnc(C(=CN(C)C)C(=O)c3ccccc3)nc2N1C1CCCC1. The van der Waals surface area contributed by atoms with Crippen LogP contribution in [0.5, 0.6) is 0 Å². The van der Waals surface area contributed by atoms with Crippen LogP contribution in [0, 0.1) is 0 Å². The summed E-state index contributed by atoms with van der Waals surface area (Å²) < 4.78 is 1.99. The molecule has 0 amide bonds. The van der Waals surface area contributed by atoms with Crippen LogP contribution in [0.15, 0.2) is 49.1 Å². The molecule has 3 heterocycles. The minimum atomic E-state index is -0.0931. The van der Waals surface area contributed by atoms with Crippen LogP contribution >= 0.6 is 0 Å². The number of rotatable bonds is 6. The molecule has 0 radical (unpaired) electrons. The van der Waals surface area contributed by atoms with E-state index in [1.165, 1.54) is 12.8 Å². The van der Waals surface area contributed by atoms with Gasteiger partial charge in [-0.2, -0.15) is 0 Å². The van der Waals surface area contributed by atoms with Gasteiger partial charge in [0.25, 0.3) is 0 Å². The quantitative estimate of drug-likeness (QED) is 0.420. The van der Waals surface area contributed by atoms with Gasteiger partial charge in [0, 0.05) is 31.9 Å². The standard InChI is InChI=1S/C25H29N7O/c1-4-20-25-29-27-16-31(25)21-14-26-23(28-24(21)32(20)18-12-8-9-13-18)19(15-30(2)3)22(33)17-10-6-5-7-11-17/h5-7,10-11,14-16,18,20H,4,8-9,12-13H2,1-3H3/t20-/m1/s1. The first-order valence-electron chi connectivity index (χ1n) is 11.6. The molecule has 0 bridgehead atoms. The number of fused-ring (bicyclic) bond motifs is 3. The molecule has 1 fully saturated rings. The van der Waals surface area contributed by atoms with Gasteiger partial charge in [0.2, 0.25) is 0 Å². The fourth-order valence-corrected chi connectivity index (χ4v) is 5.00. The van der Waals surface area contributed by atoms with Gasteiger partial charge in [0.1, 0.15) is 12.0 Å². The molecule has 0 spiro atoms. The zero-order chi connectivity index (χ0) is 22.9.